The highest BCUT2D eigenvalue weighted by Gasteiger charge is 2.47. The Labute approximate surface area is 175 Å². The second kappa shape index (κ2) is 8.55. The SMILES string of the molecule is CC(C)CC1(CN2CCC3(CCC(CN4CCN(C(C)C)CC4)CC3)C2)CC1. The predicted octanol–water partition coefficient (Wildman–Crippen LogP) is 4.72. The van der Waals surface area contributed by atoms with E-state index in [0.29, 0.717) is 5.41 Å². The van der Waals surface area contributed by atoms with Crippen molar-refractivity contribution in [3.8, 4) is 0 Å². The molecule has 0 unspecified atom stereocenters. The molecule has 2 saturated carbocycles. The van der Waals surface area contributed by atoms with Crippen molar-refractivity contribution in [2.45, 2.75) is 85.1 Å². The van der Waals surface area contributed by atoms with Crippen LogP contribution in [0.2, 0.25) is 0 Å². The molecule has 2 heterocycles. The van der Waals surface area contributed by atoms with Crippen molar-refractivity contribution >= 4 is 0 Å². The zero-order valence-corrected chi connectivity index (χ0v) is 19.4. The highest BCUT2D eigenvalue weighted by molar-refractivity contribution is 5.00. The quantitative estimate of drug-likeness (QED) is 0.624. The first-order chi connectivity index (χ1) is 13.4. The highest BCUT2D eigenvalue weighted by atomic mass is 15.3. The monoisotopic (exact) mass is 389 g/mol. The Kier molecular flexibility index (Phi) is 6.45. The summed E-state index contributed by atoms with van der Waals surface area (Å²) in [7, 11) is 0. The minimum atomic E-state index is 0.695. The molecule has 4 rings (SSSR count). The molecule has 2 saturated heterocycles. The van der Waals surface area contributed by atoms with Crippen molar-refractivity contribution in [1.29, 1.82) is 0 Å². The minimum absolute atomic E-state index is 0.695. The fourth-order valence-corrected chi connectivity index (χ4v) is 6.81. The summed E-state index contributed by atoms with van der Waals surface area (Å²) in [5, 5.41) is 0. The molecule has 2 aliphatic carbocycles. The fraction of sp³-hybridized carbons (Fsp3) is 1.00. The molecule has 28 heavy (non-hydrogen) atoms. The van der Waals surface area contributed by atoms with Crippen LogP contribution in [0, 0.1) is 22.7 Å². The van der Waals surface area contributed by atoms with Gasteiger partial charge in [-0.3, -0.25) is 4.90 Å². The number of hydrogen-bond acceptors (Lipinski definition) is 3. The normalized spacial score (nSPS) is 34.7. The van der Waals surface area contributed by atoms with Crippen LogP contribution < -0.4 is 0 Å². The van der Waals surface area contributed by atoms with E-state index >= 15 is 0 Å². The van der Waals surface area contributed by atoms with Gasteiger partial charge in [0.2, 0.25) is 0 Å². The second-order valence-electron chi connectivity index (χ2n) is 11.9. The first-order valence-electron chi connectivity index (χ1n) is 12.6. The van der Waals surface area contributed by atoms with Gasteiger partial charge in [0.25, 0.3) is 0 Å². The number of rotatable bonds is 7. The largest absolute Gasteiger partial charge is 0.302 e. The summed E-state index contributed by atoms with van der Waals surface area (Å²) in [4.78, 5) is 8.29. The molecule has 0 N–H and O–H groups in total. The molecule has 2 aliphatic heterocycles. The summed E-state index contributed by atoms with van der Waals surface area (Å²) in [5.74, 6) is 1.85. The molecule has 0 aromatic heterocycles. The first-order valence-corrected chi connectivity index (χ1v) is 12.6. The maximum Gasteiger partial charge on any atom is 0.0113 e. The third-order valence-electron chi connectivity index (χ3n) is 8.69. The molecular weight excluding hydrogens is 342 g/mol. The molecule has 4 aliphatic rings. The lowest BCUT2D eigenvalue weighted by atomic mass is 9.70. The molecule has 1 spiro atoms. The Morgan fingerprint density at radius 1 is 0.786 bits per heavy atom. The van der Waals surface area contributed by atoms with Crippen LogP contribution in [0.3, 0.4) is 0 Å². The Morgan fingerprint density at radius 3 is 2.04 bits per heavy atom. The summed E-state index contributed by atoms with van der Waals surface area (Å²) in [6.07, 6.45) is 12.0. The van der Waals surface area contributed by atoms with Gasteiger partial charge >= 0.3 is 0 Å². The fourth-order valence-electron chi connectivity index (χ4n) is 6.81. The Morgan fingerprint density at radius 2 is 1.46 bits per heavy atom. The van der Waals surface area contributed by atoms with Crippen LogP contribution in [-0.4, -0.2) is 73.1 Å². The number of likely N-dealkylation sites (tertiary alicyclic amines) is 1. The van der Waals surface area contributed by atoms with Crippen molar-refractivity contribution in [1.82, 2.24) is 14.7 Å². The lowest BCUT2D eigenvalue weighted by molar-refractivity contribution is 0.0740. The van der Waals surface area contributed by atoms with Gasteiger partial charge in [-0.15, -0.1) is 0 Å². The van der Waals surface area contributed by atoms with Crippen molar-refractivity contribution in [3.63, 3.8) is 0 Å². The lowest BCUT2D eigenvalue weighted by Gasteiger charge is -2.42. The van der Waals surface area contributed by atoms with Gasteiger partial charge < -0.3 is 9.80 Å². The van der Waals surface area contributed by atoms with Crippen LogP contribution in [0.25, 0.3) is 0 Å². The van der Waals surface area contributed by atoms with Crippen molar-refractivity contribution < 1.29 is 0 Å². The molecule has 0 aromatic rings. The second-order valence-corrected chi connectivity index (χ2v) is 11.9. The van der Waals surface area contributed by atoms with Gasteiger partial charge in [0.1, 0.15) is 0 Å². The predicted molar refractivity (Wildman–Crippen MR) is 120 cm³/mol. The molecule has 0 amide bonds. The van der Waals surface area contributed by atoms with Crippen LogP contribution >= 0.6 is 0 Å². The van der Waals surface area contributed by atoms with E-state index in [1.165, 1.54) is 104 Å². The molecule has 0 bridgehead atoms. The van der Waals surface area contributed by atoms with Crippen LogP contribution in [0.1, 0.15) is 79.1 Å². The summed E-state index contributed by atoms with van der Waals surface area (Å²) >= 11 is 0. The summed E-state index contributed by atoms with van der Waals surface area (Å²) in [5.41, 5.74) is 1.41. The number of piperazine rings is 1. The summed E-state index contributed by atoms with van der Waals surface area (Å²) < 4.78 is 0. The van der Waals surface area contributed by atoms with Crippen molar-refractivity contribution in [3.05, 3.63) is 0 Å². The van der Waals surface area contributed by atoms with Crippen LogP contribution in [0.4, 0.5) is 0 Å². The average Bonchev–Trinajstić information content (AvgIpc) is 3.29. The maximum atomic E-state index is 2.88. The van der Waals surface area contributed by atoms with Crippen LogP contribution in [0.5, 0.6) is 0 Å². The maximum absolute atomic E-state index is 2.88. The van der Waals surface area contributed by atoms with E-state index in [2.05, 4.69) is 42.4 Å². The van der Waals surface area contributed by atoms with Gasteiger partial charge in [0.05, 0.1) is 0 Å². The zero-order valence-electron chi connectivity index (χ0n) is 19.4. The van der Waals surface area contributed by atoms with E-state index in [-0.39, 0.29) is 0 Å². The van der Waals surface area contributed by atoms with Gasteiger partial charge in [-0.25, -0.2) is 0 Å². The Bertz CT molecular complexity index is 494. The lowest BCUT2D eigenvalue weighted by Crippen LogP contribution is -2.50. The van der Waals surface area contributed by atoms with Gasteiger partial charge in [0.15, 0.2) is 0 Å². The third-order valence-corrected chi connectivity index (χ3v) is 8.69. The average molecular weight is 390 g/mol. The molecule has 3 nitrogen and oxygen atoms in total. The van der Waals surface area contributed by atoms with Gasteiger partial charge in [-0.2, -0.15) is 0 Å². The van der Waals surface area contributed by atoms with Gasteiger partial charge in [-0.1, -0.05) is 13.8 Å². The van der Waals surface area contributed by atoms with E-state index in [4.69, 9.17) is 0 Å². The topological polar surface area (TPSA) is 9.72 Å². The van der Waals surface area contributed by atoms with E-state index < -0.39 is 0 Å². The molecule has 0 aromatic carbocycles. The molecule has 4 fully saturated rings. The first kappa shape index (κ1) is 21.1. The van der Waals surface area contributed by atoms with Gasteiger partial charge in [-0.05, 0) is 94.4 Å². The molecule has 162 valence electrons. The van der Waals surface area contributed by atoms with E-state index in [1.807, 2.05) is 0 Å². The Balaban J connectivity index is 1.18. The van der Waals surface area contributed by atoms with E-state index in [9.17, 15) is 0 Å². The Hall–Kier alpha value is -0.120. The van der Waals surface area contributed by atoms with Crippen LogP contribution in [-0.2, 0) is 0 Å². The number of hydrogen-bond donors (Lipinski definition) is 0. The number of nitrogens with zero attached hydrogens (tertiary/aromatic N) is 3. The van der Waals surface area contributed by atoms with E-state index in [1.54, 1.807) is 0 Å². The minimum Gasteiger partial charge on any atom is -0.302 e. The molecule has 3 heteroatoms. The zero-order chi connectivity index (χ0) is 19.8. The van der Waals surface area contributed by atoms with Crippen molar-refractivity contribution in [2.24, 2.45) is 22.7 Å². The smallest absolute Gasteiger partial charge is 0.0113 e. The third kappa shape index (κ3) is 5.13. The van der Waals surface area contributed by atoms with E-state index in [0.717, 1.165) is 23.3 Å². The molecule has 0 atom stereocenters. The summed E-state index contributed by atoms with van der Waals surface area (Å²) in [6.45, 7) is 20.3. The van der Waals surface area contributed by atoms with Crippen LogP contribution in [0.15, 0.2) is 0 Å². The molecule has 0 radical (unpaired) electrons. The standard InChI is InChI=1S/C25H47N3/c1-21(2)17-25(9-10-25)20-27-12-11-24(19-27)7-5-23(6-8-24)18-26-13-15-28(16-14-26)22(3)4/h21-23H,5-20H2,1-4H3. The summed E-state index contributed by atoms with van der Waals surface area (Å²) in [6, 6.07) is 0.720. The van der Waals surface area contributed by atoms with Crippen molar-refractivity contribution in [2.75, 3.05) is 52.4 Å². The highest BCUT2D eigenvalue weighted by Crippen LogP contribution is 2.53. The van der Waals surface area contributed by atoms with Gasteiger partial charge in [0, 0.05) is 51.9 Å². The molecular formula is C25H47N3.